The first kappa shape index (κ1) is 20.4. The van der Waals surface area contributed by atoms with E-state index in [0.717, 1.165) is 54.5 Å². The quantitative estimate of drug-likeness (QED) is 0.567. The van der Waals surface area contributed by atoms with E-state index in [0.29, 0.717) is 13.0 Å². The number of hydrogen-bond acceptors (Lipinski definition) is 7. The van der Waals surface area contributed by atoms with E-state index >= 15 is 0 Å². The summed E-state index contributed by atoms with van der Waals surface area (Å²) in [6, 6.07) is 11.8. The van der Waals surface area contributed by atoms with Crippen molar-refractivity contribution in [3.63, 3.8) is 0 Å². The zero-order chi connectivity index (χ0) is 21.4. The van der Waals surface area contributed by atoms with Gasteiger partial charge in [-0.05, 0) is 30.2 Å². The number of hydrogen-bond donors (Lipinski definition) is 3. The number of nitrogens with zero attached hydrogens (tertiary/aromatic N) is 4. The van der Waals surface area contributed by atoms with Gasteiger partial charge in [0.2, 0.25) is 0 Å². The molecule has 1 saturated heterocycles. The molecule has 2 aromatic heterocycles. The minimum Gasteiger partial charge on any atom is -0.390 e. The Balaban J connectivity index is 1.32. The monoisotopic (exact) mass is 423 g/mol. The van der Waals surface area contributed by atoms with E-state index in [1.807, 2.05) is 43.6 Å². The summed E-state index contributed by atoms with van der Waals surface area (Å²) in [5.41, 5.74) is 3.05. The number of rotatable bonds is 5. The van der Waals surface area contributed by atoms with Crippen molar-refractivity contribution in [2.45, 2.75) is 37.1 Å². The first-order valence-corrected chi connectivity index (χ1v) is 10.9. The molecule has 0 unspecified atom stereocenters. The zero-order valence-corrected chi connectivity index (χ0v) is 17.7. The SMILES string of the molecule is Cn1c(CN[C@H]2[C@H](O)[C@H](O)C[C@@H]2c2ccc(N3CCOCC3)nc2)nc2ccccc21. The molecule has 31 heavy (non-hydrogen) atoms. The number of para-hydroxylation sites is 2. The number of aliphatic hydroxyl groups is 2. The van der Waals surface area contributed by atoms with Crippen LogP contribution in [0.2, 0.25) is 0 Å². The number of fused-ring (bicyclic) bond motifs is 1. The summed E-state index contributed by atoms with van der Waals surface area (Å²) in [7, 11) is 2.00. The van der Waals surface area contributed by atoms with Crippen LogP contribution in [0.1, 0.15) is 23.7 Å². The van der Waals surface area contributed by atoms with Crippen molar-refractivity contribution in [1.82, 2.24) is 19.9 Å². The fourth-order valence-electron chi connectivity index (χ4n) is 4.79. The summed E-state index contributed by atoms with van der Waals surface area (Å²) in [6.45, 7) is 3.64. The number of aromatic nitrogens is 3. The van der Waals surface area contributed by atoms with E-state index in [4.69, 9.17) is 9.72 Å². The molecule has 8 nitrogen and oxygen atoms in total. The molecule has 4 atom stereocenters. The van der Waals surface area contributed by atoms with Crippen molar-refractivity contribution in [3.05, 3.63) is 54.0 Å². The molecular weight excluding hydrogens is 394 g/mol. The number of aryl methyl sites for hydroxylation is 1. The summed E-state index contributed by atoms with van der Waals surface area (Å²) in [4.78, 5) is 11.6. The highest BCUT2D eigenvalue weighted by Gasteiger charge is 2.42. The first-order valence-electron chi connectivity index (χ1n) is 10.9. The molecule has 3 aromatic rings. The van der Waals surface area contributed by atoms with E-state index in [2.05, 4.69) is 25.8 Å². The molecule has 0 bridgehead atoms. The molecule has 3 heterocycles. The Morgan fingerprint density at radius 3 is 2.68 bits per heavy atom. The van der Waals surface area contributed by atoms with Crippen LogP contribution in [0, 0.1) is 0 Å². The minimum atomic E-state index is -0.835. The van der Waals surface area contributed by atoms with Crippen molar-refractivity contribution >= 4 is 16.9 Å². The average Bonchev–Trinajstić information content (AvgIpc) is 3.29. The maximum absolute atomic E-state index is 10.7. The van der Waals surface area contributed by atoms with Crippen LogP contribution in [0.25, 0.3) is 11.0 Å². The molecular formula is C23H29N5O3. The second-order valence-electron chi connectivity index (χ2n) is 8.43. The lowest BCUT2D eigenvalue weighted by molar-refractivity contribution is 0.0296. The van der Waals surface area contributed by atoms with Crippen molar-refractivity contribution in [1.29, 1.82) is 0 Å². The first-order chi connectivity index (χ1) is 15.1. The lowest BCUT2D eigenvalue weighted by atomic mass is 9.95. The molecule has 1 aliphatic carbocycles. The standard InChI is InChI=1S/C23H29N5O3/c1-27-18-5-3-2-4-17(18)26-21(27)14-25-22-16(12-19(29)23(22)30)15-6-7-20(24-13-15)28-8-10-31-11-9-28/h2-7,13,16,19,22-23,25,29-30H,8-12,14H2,1H3/t16-,19-,22-,23-/m1/s1. The van der Waals surface area contributed by atoms with Gasteiger partial charge in [0.05, 0.1) is 43.0 Å². The van der Waals surface area contributed by atoms with Crippen molar-refractivity contribution < 1.29 is 14.9 Å². The molecule has 1 saturated carbocycles. The Morgan fingerprint density at radius 2 is 1.94 bits per heavy atom. The average molecular weight is 424 g/mol. The molecule has 1 aliphatic heterocycles. The normalized spacial score (nSPS) is 26.6. The molecule has 2 fully saturated rings. The third-order valence-corrected chi connectivity index (χ3v) is 6.60. The third kappa shape index (κ3) is 3.92. The van der Waals surface area contributed by atoms with Gasteiger partial charge in [0, 0.05) is 38.3 Å². The van der Waals surface area contributed by atoms with Crippen LogP contribution < -0.4 is 10.2 Å². The van der Waals surface area contributed by atoms with Crippen molar-refractivity contribution in [2.24, 2.45) is 7.05 Å². The van der Waals surface area contributed by atoms with Gasteiger partial charge < -0.3 is 29.7 Å². The highest BCUT2D eigenvalue weighted by atomic mass is 16.5. The zero-order valence-electron chi connectivity index (χ0n) is 17.7. The van der Waals surface area contributed by atoms with Crippen LogP contribution in [0.4, 0.5) is 5.82 Å². The van der Waals surface area contributed by atoms with Crippen molar-refractivity contribution in [3.8, 4) is 0 Å². The van der Waals surface area contributed by atoms with Gasteiger partial charge in [0.25, 0.3) is 0 Å². The summed E-state index contributed by atoms with van der Waals surface area (Å²) in [6.07, 6.45) is 0.782. The van der Waals surface area contributed by atoms with Gasteiger partial charge in [0.1, 0.15) is 11.6 Å². The topological polar surface area (TPSA) is 95.7 Å². The van der Waals surface area contributed by atoms with Crippen LogP contribution in [-0.2, 0) is 18.3 Å². The largest absolute Gasteiger partial charge is 0.390 e. The predicted molar refractivity (Wildman–Crippen MR) is 118 cm³/mol. The summed E-state index contributed by atoms with van der Waals surface area (Å²) in [5.74, 6) is 1.82. The van der Waals surface area contributed by atoms with E-state index in [9.17, 15) is 10.2 Å². The number of aliphatic hydroxyl groups excluding tert-OH is 2. The van der Waals surface area contributed by atoms with Crippen LogP contribution in [0.5, 0.6) is 0 Å². The van der Waals surface area contributed by atoms with E-state index in [-0.39, 0.29) is 12.0 Å². The Labute approximate surface area is 181 Å². The minimum absolute atomic E-state index is 0.0223. The highest BCUT2D eigenvalue weighted by molar-refractivity contribution is 5.75. The van der Waals surface area contributed by atoms with E-state index in [1.165, 1.54) is 0 Å². The second-order valence-corrected chi connectivity index (χ2v) is 8.43. The number of pyridine rings is 1. The molecule has 0 amide bonds. The second kappa shape index (κ2) is 8.55. The number of nitrogens with one attached hydrogen (secondary N) is 1. The lowest BCUT2D eigenvalue weighted by Crippen LogP contribution is -2.42. The molecule has 164 valence electrons. The summed E-state index contributed by atoms with van der Waals surface area (Å²) >= 11 is 0. The Kier molecular flexibility index (Phi) is 5.62. The Morgan fingerprint density at radius 1 is 1.13 bits per heavy atom. The molecule has 0 radical (unpaired) electrons. The van der Waals surface area contributed by atoms with Gasteiger partial charge in [-0.3, -0.25) is 0 Å². The number of anilines is 1. The molecule has 5 rings (SSSR count). The Bertz CT molecular complexity index is 1030. The van der Waals surface area contributed by atoms with Gasteiger partial charge >= 0.3 is 0 Å². The van der Waals surface area contributed by atoms with Crippen LogP contribution >= 0.6 is 0 Å². The fraction of sp³-hybridized carbons (Fsp3) is 0.478. The summed E-state index contributed by atoms with van der Waals surface area (Å²) in [5, 5.41) is 24.5. The smallest absolute Gasteiger partial charge is 0.128 e. The maximum atomic E-state index is 10.7. The lowest BCUT2D eigenvalue weighted by Gasteiger charge is -2.28. The summed E-state index contributed by atoms with van der Waals surface area (Å²) < 4.78 is 7.48. The number of morpholine rings is 1. The van der Waals surface area contributed by atoms with Crippen LogP contribution in [0.15, 0.2) is 42.6 Å². The number of benzene rings is 1. The Hall–Kier alpha value is -2.52. The van der Waals surface area contributed by atoms with Crippen LogP contribution in [-0.4, -0.2) is 69.3 Å². The van der Waals surface area contributed by atoms with Gasteiger partial charge in [-0.25, -0.2) is 9.97 Å². The van der Waals surface area contributed by atoms with Crippen molar-refractivity contribution in [2.75, 3.05) is 31.2 Å². The fourth-order valence-corrected chi connectivity index (χ4v) is 4.79. The molecule has 8 heteroatoms. The van der Waals surface area contributed by atoms with Crippen LogP contribution in [0.3, 0.4) is 0 Å². The maximum Gasteiger partial charge on any atom is 0.128 e. The van der Waals surface area contributed by atoms with Gasteiger partial charge in [0.15, 0.2) is 0 Å². The van der Waals surface area contributed by atoms with Gasteiger partial charge in [-0.1, -0.05) is 18.2 Å². The highest BCUT2D eigenvalue weighted by Crippen LogP contribution is 2.35. The number of imidazole rings is 1. The third-order valence-electron chi connectivity index (χ3n) is 6.60. The predicted octanol–water partition coefficient (Wildman–Crippen LogP) is 1.17. The van der Waals surface area contributed by atoms with E-state index < -0.39 is 12.2 Å². The van der Waals surface area contributed by atoms with E-state index in [1.54, 1.807) is 0 Å². The van der Waals surface area contributed by atoms with Gasteiger partial charge in [-0.2, -0.15) is 0 Å². The molecule has 2 aliphatic rings. The van der Waals surface area contributed by atoms with Gasteiger partial charge in [-0.15, -0.1) is 0 Å². The molecule has 1 aromatic carbocycles. The molecule has 3 N–H and O–H groups in total. The molecule has 0 spiro atoms. The number of ether oxygens (including phenoxy) is 1.